The fourth-order valence-electron chi connectivity index (χ4n) is 9.97. The van der Waals surface area contributed by atoms with E-state index >= 15 is 0 Å². The normalized spacial score (nSPS) is 15.0. The second kappa shape index (κ2) is 13.6. The molecule has 4 heteroatoms. The number of benzene rings is 8. The fourth-order valence-corrected chi connectivity index (χ4v) is 11.2. The van der Waals surface area contributed by atoms with Gasteiger partial charge in [0.05, 0.1) is 28.2 Å². The van der Waals surface area contributed by atoms with E-state index in [2.05, 4.69) is 204 Å². The lowest BCUT2D eigenvalue weighted by atomic mass is 9.79. The van der Waals surface area contributed by atoms with Crippen LogP contribution in [0.25, 0.3) is 92.6 Å². The maximum absolute atomic E-state index is 10.4. The Kier molecular flexibility index (Phi) is 7.82. The molecule has 0 fully saturated rings. The van der Waals surface area contributed by atoms with E-state index in [9.17, 15) is 5.26 Å². The van der Waals surface area contributed by atoms with Crippen molar-refractivity contribution in [3.63, 3.8) is 0 Å². The molecule has 60 heavy (non-hydrogen) atoms. The molecule has 2 atom stereocenters. The number of thiophene rings is 1. The van der Waals surface area contributed by atoms with E-state index < -0.39 is 0 Å². The summed E-state index contributed by atoms with van der Waals surface area (Å²) < 4.78 is 7.53. The molecule has 8 aromatic carbocycles. The van der Waals surface area contributed by atoms with Crippen molar-refractivity contribution in [1.29, 1.82) is 5.26 Å². The van der Waals surface area contributed by atoms with Gasteiger partial charge in [0.1, 0.15) is 0 Å². The van der Waals surface area contributed by atoms with Crippen LogP contribution in [0.4, 0.5) is 0 Å². The molecule has 0 bridgehead atoms. The Morgan fingerprint density at radius 2 is 1.10 bits per heavy atom. The van der Waals surface area contributed by atoms with Crippen LogP contribution in [0.15, 0.2) is 188 Å². The van der Waals surface area contributed by atoms with E-state index in [-0.39, 0.29) is 11.8 Å². The molecular formula is C56H37N3S. The smallest absolute Gasteiger partial charge is 0.0992 e. The van der Waals surface area contributed by atoms with Crippen LogP contribution in [0.3, 0.4) is 0 Å². The molecule has 3 aromatic heterocycles. The third kappa shape index (κ3) is 5.26. The van der Waals surface area contributed by atoms with Crippen molar-refractivity contribution in [1.82, 2.24) is 9.13 Å². The highest BCUT2D eigenvalue weighted by atomic mass is 32.1. The summed E-state index contributed by atoms with van der Waals surface area (Å²) in [5, 5.41) is 16.7. The molecule has 0 aliphatic heterocycles. The van der Waals surface area contributed by atoms with Crippen LogP contribution in [0.1, 0.15) is 41.1 Å². The predicted molar refractivity (Wildman–Crippen MR) is 253 cm³/mol. The Morgan fingerprint density at radius 1 is 0.500 bits per heavy atom. The Bertz CT molecular complexity index is 3580. The lowest BCUT2D eigenvalue weighted by molar-refractivity contribution is 0.643. The molecule has 2 unspecified atom stereocenters. The number of fused-ring (bicyclic) bond motifs is 9. The number of hydrogen-bond donors (Lipinski definition) is 0. The van der Waals surface area contributed by atoms with Crippen LogP contribution >= 0.6 is 11.3 Å². The van der Waals surface area contributed by atoms with E-state index in [4.69, 9.17) is 0 Å². The molecule has 0 saturated heterocycles. The van der Waals surface area contributed by atoms with E-state index in [1.54, 1.807) is 0 Å². The molecule has 0 N–H and O–H groups in total. The van der Waals surface area contributed by atoms with Crippen LogP contribution in [0.5, 0.6) is 0 Å². The molecule has 0 radical (unpaired) electrons. The molecule has 0 amide bonds. The zero-order valence-corrected chi connectivity index (χ0v) is 33.7. The molecule has 3 nitrogen and oxygen atoms in total. The van der Waals surface area contributed by atoms with Crippen molar-refractivity contribution in [2.45, 2.75) is 18.8 Å². The summed E-state index contributed by atoms with van der Waals surface area (Å²) in [4.78, 5) is 0. The average molecular weight is 784 g/mol. The SMILES string of the molecule is CC1c2c(c3cc(-c4cc(C#N)cc(-c5ccc6c(c5)c5ccccc5n6-c5ccccc5)c4)ccc3n2-c2ccccc2)C=CC1c1cccc2c1sc1ccccc12. The van der Waals surface area contributed by atoms with Gasteiger partial charge in [-0.05, 0) is 107 Å². The maximum Gasteiger partial charge on any atom is 0.0992 e. The van der Waals surface area contributed by atoms with Crippen LogP contribution < -0.4 is 0 Å². The highest BCUT2D eigenvalue weighted by Crippen LogP contribution is 2.49. The van der Waals surface area contributed by atoms with Crippen molar-refractivity contribution in [3.05, 3.63) is 210 Å². The minimum atomic E-state index is 0.216. The highest BCUT2D eigenvalue weighted by Gasteiger charge is 2.32. The van der Waals surface area contributed by atoms with Crippen LogP contribution in [0, 0.1) is 11.3 Å². The molecular weight excluding hydrogens is 747 g/mol. The Morgan fingerprint density at radius 3 is 1.83 bits per heavy atom. The van der Waals surface area contributed by atoms with Crippen LogP contribution in [0.2, 0.25) is 0 Å². The number of allylic oxidation sites excluding steroid dienone is 1. The third-order valence-corrected chi connectivity index (χ3v) is 13.9. The molecule has 0 saturated carbocycles. The number of nitrogens with zero attached hydrogens (tertiary/aromatic N) is 3. The number of aromatic nitrogens is 2. The molecule has 12 rings (SSSR count). The van der Waals surface area contributed by atoms with Gasteiger partial charge in [-0.1, -0.05) is 122 Å². The second-order valence-electron chi connectivity index (χ2n) is 16.0. The number of nitriles is 1. The van der Waals surface area contributed by atoms with Gasteiger partial charge in [0.25, 0.3) is 0 Å². The van der Waals surface area contributed by atoms with Gasteiger partial charge in [-0.2, -0.15) is 5.26 Å². The quantitative estimate of drug-likeness (QED) is 0.171. The fraction of sp³-hybridized carbons (Fsp3) is 0.0536. The summed E-state index contributed by atoms with van der Waals surface area (Å²) in [6, 6.07) is 67.9. The van der Waals surface area contributed by atoms with Gasteiger partial charge in [-0.25, -0.2) is 0 Å². The van der Waals surface area contributed by atoms with Crippen LogP contribution in [-0.2, 0) is 0 Å². The number of para-hydroxylation sites is 3. The summed E-state index contributed by atoms with van der Waals surface area (Å²) in [7, 11) is 0. The summed E-state index contributed by atoms with van der Waals surface area (Å²) in [6.07, 6.45) is 4.81. The molecule has 3 heterocycles. The average Bonchev–Trinajstić information content (AvgIpc) is 3.97. The van der Waals surface area contributed by atoms with Crippen molar-refractivity contribution in [2.75, 3.05) is 0 Å². The Balaban J connectivity index is 1.00. The van der Waals surface area contributed by atoms with E-state index in [0.29, 0.717) is 5.56 Å². The van der Waals surface area contributed by atoms with Gasteiger partial charge in [-0.15, -0.1) is 11.3 Å². The zero-order chi connectivity index (χ0) is 39.9. The van der Waals surface area contributed by atoms with Gasteiger partial charge in [0.15, 0.2) is 0 Å². The molecule has 1 aliphatic rings. The van der Waals surface area contributed by atoms with Crippen molar-refractivity contribution in [3.8, 4) is 39.7 Å². The lowest BCUT2D eigenvalue weighted by Crippen LogP contribution is -2.14. The second-order valence-corrected chi connectivity index (χ2v) is 17.1. The van der Waals surface area contributed by atoms with Gasteiger partial charge >= 0.3 is 0 Å². The first-order valence-corrected chi connectivity index (χ1v) is 21.4. The summed E-state index contributed by atoms with van der Waals surface area (Å²) >= 11 is 1.91. The first-order chi connectivity index (χ1) is 29.6. The summed E-state index contributed by atoms with van der Waals surface area (Å²) in [5.74, 6) is 0.433. The van der Waals surface area contributed by atoms with Crippen molar-refractivity contribution >= 4 is 70.3 Å². The molecule has 282 valence electrons. The van der Waals surface area contributed by atoms with E-state index in [0.717, 1.165) is 39.1 Å². The van der Waals surface area contributed by atoms with E-state index in [1.807, 2.05) is 23.5 Å². The van der Waals surface area contributed by atoms with Crippen molar-refractivity contribution < 1.29 is 0 Å². The molecule has 1 aliphatic carbocycles. The summed E-state index contributed by atoms with van der Waals surface area (Å²) in [5.41, 5.74) is 14.7. The highest BCUT2D eigenvalue weighted by molar-refractivity contribution is 7.26. The summed E-state index contributed by atoms with van der Waals surface area (Å²) in [6.45, 7) is 2.40. The minimum absolute atomic E-state index is 0.216. The third-order valence-electron chi connectivity index (χ3n) is 12.7. The minimum Gasteiger partial charge on any atom is -0.313 e. The van der Waals surface area contributed by atoms with E-state index in [1.165, 1.54) is 64.2 Å². The molecule has 0 spiro atoms. The maximum atomic E-state index is 10.4. The topological polar surface area (TPSA) is 33.6 Å². The zero-order valence-electron chi connectivity index (χ0n) is 32.9. The number of rotatable bonds is 5. The standard InChI is InChI=1S/C56H37N3S/c1-35-43(47-19-12-20-48-45-18-9-11-22-54(45)60-56(47)48)25-26-46-50-33-38(24-28-53(50)59(55(35)46)42-15-6-3-7-16-42)40-30-36(34-57)29-39(31-40)37-23-27-52-49(32-37)44-17-8-10-21-51(44)58(52)41-13-4-2-5-14-41/h2-33,35,43H,1H3. The van der Waals surface area contributed by atoms with Crippen molar-refractivity contribution in [2.24, 2.45) is 0 Å². The van der Waals surface area contributed by atoms with Gasteiger partial charge in [0, 0.05) is 70.8 Å². The number of hydrogen-bond acceptors (Lipinski definition) is 2. The Labute approximate surface area is 351 Å². The van der Waals surface area contributed by atoms with Gasteiger partial charge in [-0.3, -0.25) is 0 Å². The van der Waals surface area contributed by atoms with Gasteiger partial charge < -0.3 is 9.13 Å². The predicted octanol–water partition coefficient (Wildman–Crippen LogP) is 15.2. The van der Waals surface area contributed by atoms with Crippen LogP contribution in [-0.4, -0.2) is 9.13 Å². The first-order valence-electron chi connectivity index (χ1n) is 20.6. The van der Waals surface area contributed by atoms with Gasteiger partial charge in [0.2, 0.25) is 0 Å². The molecule has 11 aromatic rings. The Hall–Kier alpha value is -7.45. The first kappa shape index (κ1) is 34.6. The largest absolute Gasteiger partial charge is 0.313 e. The monoisotopic (exact) mass is 783 g/mol. The lowest BCUT2D eigenvalue weighted by Gasteiger charge is -2.28.